The number of hydrogen-bond acceptors (Lipinski definition) is 6. The van der Waals surface area contributed by atoms with Crippen LogP contribution in [0.2, 0.25) is 0 Å². The van der Waals surface area contributed by atoms with Crippen molar-refractivity contribution in [3.63, 3.8) is 0 Å². The van der Waals surface area contributed by atoms with Gasteiger partial charge in [-0.05, 0) is 19.2 Å². The third-order valence-corrected chi connectivity index (χ3v) is 4.51. The van der Waals surface area contributed by atoms with Crippen molar-refractivity contribution < 1.29 is 4.79 Å². The van der Waals surface area contributed by atoms with E-state index in [4.69, 9.17) is 0 Å². The molecule has 2 saturated heterocycles. The van der Waals surface area contributed by atoms with Gasteiger partial charge in [0.1, 0.15) is 0 Å². The molecule has 0 aromatic carbocycles. The molecule has 0 unspecified atom stereocenters. The fraction of sp³-hybridized carbons (Fsp3) is 0.667. The fourth-order valence-electron chi connectivity index (χ4n) is 2.94. The summed E-state index contributed by atoms with van der Waals surface area (Å²) in [7, 11) is 2.15. The Labute approximate surface area is 131 Å². The maximum absolute atomic E-state index is 11.4. The summed E-state index contributed by atoms with van der Waals surface area (Å²) in [5, 5.41) is 8.78. The molecule has 2 fully saturated rings. The second-order valence-electron chi connectivity index (χ2n) is 6.03. The van der Waals surface area contributed by atoms with E-state index in [0.717, 1.165) is 64.0 Å². The Balaban J connectivity index is 1.59. The standard InChI is InChI=1S/C15H24N6O/c1-13(22)19-9-11-21(12-10-19)15-4-3-14(16-17-15)20-7-5-18(2)6-8-20/h3-4H,5-12H2,1-2H3. The molecular weight excluding hydrogens is 280 g/mol. The van der Waals surface area contributed by atoms with E-state index in [1.807, 2.05) is 11.0 Å². The highest BCUT2D eigenvalue weighted by Gasteiger charge is 2.20. The topological polar surface area (TPSA) is 55.8 Å². The van der Waals surface area contributed by atoms with Crippen molar-refractivity contribution in [2.45, 2.75) is 6.92 Å². The fourth-order valence-corrected chi connectivity index (χ4v) is 2.94. The van der Waals surface area contributed by atoms with Gasteiger partial charge in [0.25, 0.3) is 0 Å². The second-order valence-corrected chi connectivity index (χ2v) is 6.03. The van der Waals surface area contributed by atoms with E-state index in [2.05, 4.69) is 38.0 Å². The number of nitrogens with zero attached hydrogens (tertiary/aromatic N) is 6. The highest BCUT2D eigenvalue weighted by Crippen LogP contribution is 2.17. The predicted molar refractivity (Wildman–Crippen MR) is 86.2 cm³/mol. The summed E-state index contributed by atoms with van der Waals surface area (Å²) in [6.07, 6.45) is 0. The Morgan fingerprint density at radius 3 is 1.73 bits per heavy atom. The lowest BCUT2D eigenvalue weighted by molar-refractivity contribution is -0.129. The van der Waals surface area contributed by atoms with Crippen molar-refractivity contribution >= 4 is 17.5 Å². The molecule has 7 heteroatoms. The zero-order chi connectivity index (χ0) is 15.5. The van der Waals surface area contributed by atoms with Gasteiger partial charge in [0.2, 0.25) is 5.91 Å². The average molecular weight is 304 g/mol. The molecule has 0 aliphatic carbocycles. The SMILES string of the molecule is CC(=O)N1CCN(c2ccc(N3CCN(C)CC3)nn2)CC1. The van der Waals surface area contributed by atoms with Crippen LogP contribution in [0.25, 0.3) is 0 Å². The summed E-state index contributed by atoms with van der Waals surface area (Å²) in [6.45, 7) is 8.93. The number of piperazine rings is 2. The number of anilines is 2. The van der Waals surface area contributed by atoms with Crippen molar-refractivity contribution in [3.05, 3.63) is 12.1 Å². The van der Waals surface area contributed by atoms with Crippen molar-refractivity contribution in [2.24, 2.45) is 0 Å². The summed E-state index contributed by atoms with van der Waals surface area (Å²) >= 11 is 0. The molecule has 3 rings (SSSR count). The molecule has 0 radical (unpaired) electrons. The van der Waals surface area contributed by atoms with Crippen molar-refractivity contribution in [1.29, 1.82) is 0 Å². The third kappa shape index (κ3) is 3.30. The van der Waals surface area contributed by atoms with E-state index in [0.29, 0.717) is 0 Å². The first-order valence-electron chi connectivity index (χ1n) is 7.91. The zero-order valence-electron chi connectivity index (χ0n) is 13.4. The van der Waals surface area contributed by atoms with Crippen LogP contribution in [0.15, 0.2) is 12.1 Å². The van der Waals surface area contributed by atoms with E-state index >= 15 is 0 Å². The lowest BCUT2D eigenvalue weighted by Crippen LogP contribution is -2.48. The number of carbonyl (C=O) groups excluding carboxylic acids is 1. The second kappa shape index (κ2) is 6.48. The number of rotatable bonds is 2. The number of hydrogen-bond donors (Lipinski definition) is 0. The number of amides is 1. The molecule has 120 valence electrons. The molecule has 0 spiro atoms. The molecule has 0 bridgehead atoms. The number of aromatic nitrogens is 2. The Kier molecular flexibility index (Phi) is 4.42. The van der Waals surface area contributed by atoms with Crippen LogP contribution in [0, 0.1) is 0 Å². The smallest absolute Gasteiger partial charge is 0.219 e. The van der Waals surface area contributed by atoms with Gasteiger partial charge in [0, 0.05) is 59.3 Å². The Bertz CT molecular complexity index is 503. The van der Waals surface area contributed by atoms with Gasteiger partial charge in [0.05, 0.1) is 0 Å². The van der Waals surface area contributed by atoms with Crippen molar-refractivity contribution in [2.75, 3.05) is 69.2 Å². The quantitative estimate of drug-likeness (QED) is 0.760. The van der Waals surface area contributed by atoms with E-state index < -0.39 is 0 Å². The van der Waals surface area contributed by atoms with Gasteiger partial charge in [-0.25, -0.2) is 0 Å². The minimum absolute atomic E-state index is 0.149. The maximum Gasteiger partial charge on any atom is 0.219 e. The molecule has 1 aromatic heterocycles. The highest BCUT2D eigenvalue weighted by molar-refractivity contribution is 5.73. The van der Waals surface area contributed by atoms with Crippen LogP contribution in [-0.4, -0.2) is 85.3 Å². The van der Waals surface area contributed by atoms with Gasteiger partial charge in [-0.3, -0.25) is 4.79 Å². The maximum atomic E-state index is 11.4. The summed E-state index contributed by atoms with van der Waals surface area (Å²) in [5.74, 6) is 2.01. The Morgan fingerprint density at radius 1 is 0.864 bits per heavy atom. The predicted octanol–water partition coefficient (Wildman–Crippen LogP) is -0.103. The molecule has 2 aliphatic heterocycles. The molecule has 22 heavy (non-hydrogen) atoms. The van der Waals surface area contributed by atoms with Gasteiger partial charge in [-0.2, -0.15) is 0 Å². The molecule has 1 amide bonds. The van der Waals surface area contributed by atoms with Gasteiger partial charge < -0.3 is 19.6 Å². The molecular formula is C15H24N6O. The molecule has 2 aliphatic rings. The van der Waals surface area contributed by atoms with E-state index in [1.165, 1.54) is 0 Å². The lowest BCUT2D eigenvalue weighted by Gasteiger charge is -2.35. The zero-order valence-corrected chi connectivity index (χ0v) is 13.4. The van der Waals surface area contributed by atoms with Crippen LogP contribution in [-0.2, 0) is 4.79 Å². The van der Waals surface area contributed by atoms with E-state index in [-0.39, 0.29) is 5.91 Å². The number of likely N-dealkylation sites (N-methyl/N-ethyl adjacent to an activating group) is 1. The van der Waals surface area contributed by atoms with Crippen LogP contribution in [0.4, 0.5) is 11.6 Å². The first-order chi connectivity index (χ1) is 10.6. The van der Waals surface area contributed by atoms with Gasteiger partial charge in [-0.1, -0.05) is 0 Å². The minimum atomic E-state index is 0.149. The van der Waals surface area contributed by atoms with Crippen LogP contribution >= 0.6 is 0 Å². The summed E-state index contributed by atoms with van der Waals surface area (Å²) < 4.78 is 0. The third-order valence-electron chi connectivity index (χ3n) is 4.51. The molecule has 1 aromatic rings. The van der Waals surface area contributed by atoms with Gasteiger partial charge in [0.15, 0.2) is 11.6 Å². The summed E-state index contributed by atoms with van der Waals surface area (Å²) in [6, 6.07) is 4.11. The van der Waals surface area contributed by atoms with Crippen molar-refractivity contribution in [3.8, 4) is 0 Å². The summed E-state index contributed by atoms with van der Waals surface area (Å²) in [5.41, 5.74) is 0. The first kappa shape index (κ1) is 15.0. The first-order valence-corrected chi connectivity index (χ1v) is 7.91. The summed E-state index contributed by atoms with van der Waals surface area (Å²) in [4.78, 5) is 20.0. The Morgan fingerprint density at radius 2 is 1.32 bits per heavy atom. The van der Waals surface area contributed by atoms with E-state index in [9.17, 15) is 4.79 Å². The van der Waals surface area contributed by atoms with Crippen LogP contribution in [0.1, 0.15) is 6.92 Å². The highest BCUT2D eigenvalue weighted by atomic mass is 16.2. The molecule has 7 nitrogen and oxygen atoms in total. The molecule has 3 heterocycles. The van der Waals surface area contributed by atoms with Crippen LogP contribution in [0.5, 0.6) is 0 Å². The van der Waals surface area contributed by atoms with E-state index in [1.54, 1.807) is 6.92 Å². The Hall–Kier alpha value is -1.89. The molecule has 0 N–H and O–H groups in total. The van der Waals surface area contributed by atoms with Crippen molar-refractivity contribution in [1.82, 2.24) is 20.0 Å². The normalized spacial score (nSPS) is 20.4. The van der Waals surface area contributed by atoms with Crippen LogP contribution in [0.3, 0.4) is 0 Å². The lowest BCUT2D eigenvalue weighted by atomic mass is 10.3. The van der Waals surface area contributed by atoms with Gasteiger partial charge in [-0.15, -0.1) is 10.2 Å². The molecule has 0 atom stereocenters. The monoisotopic (exact) mass is 304 g/mol. The largest absolute Gasteiger partial charge is 0.353 e. The van der Waals surface area contributed by atoms with Crippen LogP contribution < -0.4 is 9.80 Å². The van der Waals surface area contributed by atoms with Gasteiger partial charge >= 0.3 is 0 Å². The molecule has 0 saturated carbocycles. The average Bonchev–Trinajstić information content (AvgIpc) is 2.56. The number of carbonyl (C=O) groups is 1. The minimum Gasteiger partial charge on any atom is -0.353 e.